The second-order valence-electron chi connectivity index (χ2n) is 5.54. The molecule has 0 radical (unpaired) electrons. The molecule has 0 aliphatic rings. The number of amides is 1. The molecule has 140 valence electrons. The number of nitro benzene ring substituents is 1. The van der Waals surface area contributed by atoms with Crippen LogP contribution in [-0.4, -0.2) is 38.4 Å². The van der Waals surface area contributed by atoms with E-state index < -0.39 is 4.92 Å². The molecule has 0 atom stereocenters. The number of nitro groups is 1. The first kappa shape index (κ1) is 18.6. The summed E-state index contributed by atoms with van der Waals surface area (Å²) in [5.74, 6) is 1.23. The number of hydrogen-bond acceptors (Lipinski definition) is 7. The monoisotopic (exact) mass is 387 g/mol. The molecule has 0 spiro atoms. The lowest BCUT2D eigenvalue weighted by Crippen LogP contribution is -2.28. The van der Waals surface area contributed by atoms with Gasteiger partial charge in [-0.1, -0.05) is 11.8 Å². The molecular weight excluding hydrogens is 370 g/mol. The Bertz CT molecular complexity index is 937. The van der Waals surface area contributed by atoms with Crippen LogP contribution in [0.2, 0.25) is 0 Å². The summed E-state index contributed by atoms with van der Waals surface area (Å²) in [6, 6.07) is 9.41. The van der Waals surface area contributed by atoms with Gasteiger partial charge in [-0.15, -0.1) is 10.2 Å². The molecule has 0 saturated carbocycles. The van der Waals surface area contributed by atoms with E-state index in [4.69, 9.17) is 4.42 Å². The molecule has 0 unspecified atom stereocenters. The van der Waals surface area contributed by atoms with Crippen molar-refractivity contribution in [2.45, 2.75) is 18.6 Å². The Morgan fingerprint density at radius 1 is 1.30 bits per heavy atom. The number of non-ortho nitro benzene ring substituents is 1. The van der Waals surface area contributed by atoms with Crippen LogP contribution in [-0.2, 0) is 11.3 Å². The molecule has 0 N–H and O–H groups in total. The summed E-state index contributed by atoms with van der Waals surface area (Å²) in [5, 5.41) is 19.6. The van der Waals surface area contributed by atoms with Gasteiger partial charge in [0.15, 0.2) is 16.7 Å². The maximum atomic E-state index is 12.5. The molecule has 27 heavy (non-hydrogen) atoms. The molecular formula is C17H17N5O4S. The van der Waals surface area contributed by atoms with Crippen LogP contribution < -0.4 is 4.90 Å². The zero-order chi connectivity index (χ0) is 19.4. The Kier molecular flexibility index (Phi) is 5.55. The number of benzene rings is 1. The van der Waals surface area contributed by atoms with E-state index in [-0.39, 0.29) is 17.3 Å². The van der Waals surface area contributed by atoms with E-state index in [0.717, 1.165) is 0 Å². The van der Waals surface area contributed by atoms with Gasteiger partial charge >= 0.3 is 0 Å². The Labute approximate surface area is 159 Å². The smallest absolute Gasteiger partial charge is 0.269 e. The first-order chi connectivity index (χ1) is 13.0. The average Bonchev–Trinajstić information content (AvgIpc) is 3.34. The maximum Gasteiger partial charge on any atom is 0.269 e. The van der Waals surface area contributed by atoms with Crippen LogP contribution >= 0.6 is 11.8 Å². The SMILES string of the molecule is CCn1c(SCC(=O)N(C)c2ccc([N+](=O)[O-])cc2)nnc1-c1ccco1. The minimum absolute atomic E-state index is 0.0181. The van der Waals surface area contributed by atoms with Gasteiger partial charge < -0.3 is 9.32 Å². The highest BCUT2D eigenvalue weighted by Crippen LogP contribution is 2.25. The van der Waals surface area contributed by atoms with Crippen LogP contribution in [0.3, 0.4) is 0 Å². The van der Waals surface area contributed by atoms with Crippen LogP contribution in [0.5, 0.6) is 0 Å². The summed E-state index contributed by atoms with van der Waals surface area (Å²) in [4.78, 5) is 24.2. The van der Waals surface area contributed by atoms with Gasteiger partial charge in [0.05, 0.1) is 16.9 Å². The Morgan fingerprint density at radius 2 is 2.04 bits per heavy atom. The van der Waals surface area contributed by atoms with Gasteiger partial charge in [-0.25, -0.2) is 0 Å². The lowest BCUT2D eigenvalue weighted by atomic mass is 10.2. The highest BCUT2D eigenvalue weighted by molar-refractivity contribution is 7.99. The van der Waals surface area contributed by atoms with E-state index in [1.807, 2.05) is 11.5 Å². The molecule has 2 heterocycles. The Balaban J connectivity index is 1.67. The predicted molar refractivity (Wildman–Crippen MR) is 101 cm³/mol. The highest BCUT2D eigenvalue weighted by Gasteiger charge is 2.18. The van der Waals surface area contributed by atoms with Gasteiger partial charge in [0, 0.05) is 31.4 Å². The van der Waals surface area contributed by atoms with Crippen molar-refractivity contribution >= 4 is 29.0 Å². The van der Waals surface area contributed by atoms with Gasteiger partial charge in [-0.3, -0.25) is 19.5 Å². The molecule has 0 aliphatic heterocycles. The Hall–Kier alpha value is -3.14. The number of thioether (sulfide) groups is 1. The fraction of sp³-hybridized carbons (Fsp3) is 0.235. The van der Waals surface area contributed by atoms with Crippen molar-refractivity contribution < 1.29 is 14.1 Å². The maximum absolute atomic E-state index is 12.5. The zero-order valence-corrected chi connectivity index (χ0v) is 15.5. The number of hydrogen-bond donors (Lipinski definition) is 0. The predicted octanol–water partition coefficient (Wildman–Crippen LogP) is 3.22. The fourth-order valence-electron chi connectivity index (χ4n) is 2.43. The molecule has 1 amide bonds. The molecule has 10 heteroatoms. The van der Waals surface area contributed by atoms with Crippen LogP contribution in [0.25, 0.3) is 11.6 Å². The number of aromatic nitrogens is 3. The quantitative estimate of drug-likeness (QED) is 0.348. The van der Waals surface area contributed by atoms with Crippen molar-refractivity contribution in [2.75, 3.05) is 17.7 Å². The number of carbonyl (C=O) groups is 1. The van der Waals surface area contributed by atoms with Gasteiger partial charge in [0.1, 0.15) is 0 Å². The van der Waals surface area contributed by atoms with E-state index in [0.29, 0.717) is 29.0 Å². The summed E-state index contributed by atoms with van der Waals surface area (Å²) in [5.41, 5.74) is 0.565. The molecule has 1 aromatic carbocycles. The molecule has 0 bridgehead atoms. The van der Waals surface area contributed by atoms with Crippen molar-refractivity contribution in [3.8, 4) is 11.6 Å². The number of anilines is 1. The van der Waals surface area contributed by atoms with E-state index in [9.17, 15) is 14.9 Å². The second-order valence-corrected chi connectivity index (χ2v) is 6.49. The number of carbonyl (C=O) groups excluding carboxylic acids is 1. The molecule has 3 aromatic rings. The van der Waals surface area contributed by atoms with Crippen molar-refractivity contribution in [1.82, 2.24) is 14.8 Å². The third kappa shape index (κ3) is 4.00. The van der Waals surface area contributed by atoms with Crippen LogP contribution in [0, 0.1) is 10.1 Å². The number of rotatable bonds is 7. The molecule has 2 aromatic heterocycles. The first-order valence-corrected chi connectivity index (χ1v) is 9.10. The van der Waals surface area contributed by atoms with Crippen LogP contribution in [0.15, 0.2) is 52.2 Å². The average molecular weight is 387 g/mol. The van der Waals surface area contributed by atoms with Crippen molar-refractivity contribution in [3.63, 3.8) is 0 Å². The standard InChI is InChI=1S/C17H17N5O4S/c1-3-21-16(14-5-4-10-26-14)18-19-17(21)27-11-15(23)20(2)12-6-8-13(9-7-12)22(24)25/h4-10H,3,11H2,1-2H3. The second kappa shape index (κ2) is 8.04. The van der Waals surface area contributed by atoms with Crippen molar-refractivity contribution in [1.29, 1.82) is 0 Å². The van der Waals surface area contributed by atoms with Gasteiger partial charge in [-0.2, -0.15) is 0 Å². The van der Waals surface area contributed by atoms with E-state index >= 15 is 0 Å². The van der Waals surface area contributed by atoms with Crippen LogP contribution in [0.1, 0.15) is 6.92 Å². The lowest BCUT2D eigenvalue weighted by Gasteiger charge is -2.16. The van der Waals surface area contributed by atoms with E-state index in [1.54, 1.807) is 37.6 Å². The fourth-order valence-corrected chi connectivity index (χ4v) is 3.35. The molecule has 3 rings (SSSR count). The van der Waals surface area contributed by atoms with Crippen molar-refractivity contribution in [3.05, 3.63) is 52.8 Å². The summed E-state index contributed by atoms with van der Waals surface area (Å²) < 4.78 is 7.25. The molecule has 9 nitrogen and oxygen atoms in total. The lowest BCUT2D eigenvalue weighted by molar-refractivity contribution is -0.384. The zero-order valence-electron chi connectivity index (χ0n) is 14.7. The third-order valence-electron chi connectivity index (χ3n) is 3.92. The molecule has 0 aliphatic carbocycles. The largest absolute Gasteiger partial charge is 0.461 e. The Morgan fingerprint density at radius 3 is 2.63 bits per heavy atom. The summed E-state index contributed by atoms with van der Waals surface area (Å²) in [6.07, 6.45) is 1.57. The first-order valence-electron chi connectivity index (χ1n) is 8.12. The number of nitrogens with zero attached hydrogens (tertiary/aromatic N) is 5. The molecule has 0 fully saturated rings. The third-order valence-corrected chi connectivity index (χ3v) is 4.87. The van der Waals surface area contributed by atoms with E-state index in [1.165, 1.54) is 28.8 Å². The summed E-state index contributed by atoms with van der Waals surface area (Å²) in [7, 11) is 1.63. The number of furan rings is 1. The van der Waals surface area contributed by atoms with Gasteiger partial charge in [0.2, 0.25) is 5.91 Å². The topological polar surface area (TPSA) is 107 Å². The minimum atomic E-state index is -0.477. The highest BCUT2D eigenvalue weighted by atomic mass is 32.2. The minimum Gasteiger partial charge on any atom is -0.461 e. The van der Waals surface area contributed by atoms with Gasteiger partial charge in [0.25, 0.3) is 5.69 Å². The van der Waals surface area contributed by atoms with Gasteiger partial charge in [-0.05, 0) is 31.2 Å². The molecule has 0 saturated heterocycles. The summed E-state index contributed by atoms with van der Waals surface area (Å²) >= 11 is 1.28. The van der Waals surface area contributed by atoms with Crippen LogP contribution in [0.4, 0.5) is 11.4 Å². The normalized spacial score (nSPS) is 10.7. The van der Waals surface area contributed by atoms with E-state index in [2.05, 4.69) is 10.2 Å². The summed E-state index contributed by atoms with van der Waals surface area (Å²) in [6.45, 7) is 2.60. The van der Waals surface area contributed by atoms with Crippen molar-refractivity contribution in [2.24, 2.45) is 0 Å².